The standard InChI is InChI=1S/C14H22FN3O2S/c1-2-7-18-8-5-12(6-9-18)17-21(19,20)14-4-3-11(16)10-13(14)15/h3-4,10,12,17H,2,5-9,16H2,1H3. The second kappa shape index (κ2) is 6.72. The molecular formula is C14H22FN3O2S. The van der Waals surface area contributed by atoms with Crippen LogP contribution in [-0.2, 0) is 10.0 Å². The van der Waals surface area contributed by atoms with Crippen molar-refractivity contribution in [2.24, 2.45) is 0 Å². The molecule has 0 bridgehead atoms. The molecule has 3 N–H and O–H groups in total. The second-order valence-corrected chi connectivity index (χ2v) is 7.11. The molecule has 0 saturated carbocycles. The summed E-state index contributed by atoms with van der Waals surface area (Å²) < 4.78 is 40.8. The minimum atomic E-state index is -3.84. The van der Waals surface area contributed by atoms with E-state index in [2.05, 4.69) is 16.5 Å². The number of likely N-dealkylation sites (tertiary alicyclic amines) is 1. The summed E-state index contributed by atoms with van der Waals surface area (Å²) in [7, 11) is -3.84. The molecule has 1 aliphatic rings. The number of nitrogen functional groups attached to an aromatic ring is 1. The van der Waals surface area contributed by atoms with Crippen LogP contribution in [0, 0.1) is 5.82 Å². The molecule has 0 aromatic heterocycles. The molecule has 0 unspecified atom stereocenters. The first-order valence-electron chi connectivity index (χ1n) is 7.22. The van der Waals surface area contributed by atoms with Gasteiger partial charge < -0.3 is 10.6 Å². The van der Waals surface area contributed by atoms with Gasteiger partial charge in [-0.3, -0.25) is 0 Å². The number of piperidine rings is 1. The second-order valence-electron chi connectivity index (χ2n) is 5.43. The maximum absolute atomic E-state index is 13.8. The fourth-order valence-corrected chi connectivity index (χ4v) is 3.97. The van der Waals surface area contributed by atoms with E-state index in [0.717, 1.165) is 45.0 Å². The van der Waals surface area contributed by atoms with Crippen LogP contribution in [0.4, 0.5) is 10.1 Å². The molecule has 0 aliphatic carbocycles. The minimum Gasteiger partial charge on any atom is -0.399 e. The lowest BCUT2D eigenvalue weighted by Crippen LogP contribution is -2.44. The number of hydrogen-bond acceptors (Lipinski definition) is 4. The highest BCUT2D eigenvalue weighted by Gasteiger charge is 2.26. The number of anilines is 1. The van der Waals surface area contributed by atoms with Gasteiger partial charge in [0.05, 0.1) is 0 Å². The Morgan fingerprint density at radius 1 is 1.38 bits per heavy atom. The van der Waals surface area contributed by atoms with Crippen LogP contribution >= 0.6 is 0 Å². The van der Waals surface area contributed by atoms with Gasteiger partial charge in [-0.25, -0.2) is 17.5 Å². The van der Waals surface area contributed by atoms with Crippen molar-refractivity contribution in [3.8, 4) is 0 Å². The van der Waals surface area contributed by atoms with Crippen LogP contribution in [0.25, 0.3) is 0 Å². The van der Waals surface area contributed by atoms with E-state index in [0.29, 0.717) is 0 Å². The Morgan fingerprint density at radius 3 is 2.62 bits per heavy atom. The zero-order valence-corrected chi connectivity index (χ0v) is 13.0. The first kappa shape index (κ1) is 16.2. The maximum Gasteiger partial charge on any atom is 0.243 e. The van der Waals surface area contributed by atoms with Crippen LogP contribution in [0.3, 0.4) is 0 Å². The van der Waals surface area contributed by atoms with Crippen LogP contribution in [0.2, 0.25) is 0 Å². The van der Waals surface area contributed by atoms with Crippen LogP contribution in [0.1, 0.15) is 26.2 Å². The summed E-state index contributed by atoms with van der Waals surface area (Å²) in [6.45, 7) is 4.89. The van der Waals surface area contributed by atoms with Gasteiger partial charge in [0.2, 0.25) is 10.0 Å². The Balaban J connectivity index is 2.02. The van der Waals surface area contributed by atoms with Gasteiger partial charge in [0, 0.05) is 11.7 Å². The lowest BCUT2D eigenvalue weighted by molar-refractivity contribution is 0.208. The number of nitrogens with one attached hydrogen (secondary N) is 1. The smallest absolute Gasteiger partial charge is 0.243 e. The van der Waals surface area contributed by atoms with Gasteiger partial charge in [0.25, 0.3) is 0 Å². The summed E-state index contributed by atoms with van der Waals surface area (Å²) in [6, 6.07) is 3.49. The monoisotopic (exact) mass is 315 g/mol. The van der Waals surface area contributed by atoms with Crippen molar-refractivity contribution in [1.82, 2.24) is 9.62 Å². The van der Waals surface area contributed by atoms with Gasteiger partial charge in [0.15, 0.2) is 0 Å². The largest absolute Gasteiger partial charge is 0.399 e. The average molecular weight is 315 g/mol. The van der Waals surface area contributed by atoms with Gasteiger partial charge in [-0.1, -0.05) is 6.92 Å². The van der Waals surface area contributed by atoms with Gasteiger partial charge >= 0.3 is 0 Å². The van der Waals surface area contributed by atoms with E-state index in [1.165, 1.54) is 12.1 Å². The molecule has 2 rings (SSSR count). The van der Waals surface area contributed by atoms with Crippen LogP contribution in [-0.4, -0.2) is 39.0 Å². The molecule has 1 fully saturated rings. The molecule has 1 aromatic carbocycles. The van der Waals surface area contributed by atoms with Crippen LogP contribution in [0.5, 0.6) is 0 Å². The first-order chi connectivity index (χ1) is 9.92. The highest BCUT2D eigenvalue weighted by atomic mass is 32.2. The van der Waals surface area contributed by atoms with Crippen molar-refractivity contribution in [2.75, 3.05) is 25.4 Å². The summed E-state index contributed by atoms with van der Waals surface area (Å²) in [5, 5.41) is 0. The van der Waals surface area contributed by atoms with Crippen LogP contribution < -0.4 is 10.5 Å². The Morgan fingerprint density at radius 2 is 2.05 bits per heavy atom. The zero-order valence-electron chi connectivity index (χ0n) is 12.2. The predicted octanol–water partition coefficient (Wildman–Crippen LogP) is 1.56. The Bertz CT molecular complexity index is 584. The molecular weight excluding hydrogens is 293 g/mol. The SMILES string of the molecule is CCCN1CCC(NS(=O)(=O)c2ccc(N)cc2F)CC1. The van der Waals surface area contributed by atoms with Gasteiger partial charge in [0.1, 0.15) is 10.7 Å². The van der Waals surface area contributed by atoms with Crippen molar-refractivity contribution in [3.63, 3.8) is 0 Å². The molecule has 118 valence electrons. The van der Waals surface area contributed by atoms with E-state index < -0.39 is 15.8 Å². The van der Waals surface area contributed by atoms with Gasteiger partial charge in [-0.2, -0.15) is 0 Å². The predicted molar refractivity (Wildman–Crippen MR) is 80.9 cm³/mol. The number of halogens is 1. The topological polar surface area (TPSA) is 75.4 Å². The lowest BCUT2D eigenvalue weighted by atomic mass is 10.1. The Labute approximate surface area is 125 Å². The molecule has 1 heterocycles. The van der Waals surface area contributed by atoms with E-state index in [1.54, 1.807) is 0 Å². The highest BCUT2D eigenvalue weighted by molar-refractivity contribution is 7.89. The number of hydrogen-bond donors (Lipinski definition) is 2. The molecule has 0 atom stereocenters. The third-order valence-corrected chi connectivity index (χ3v) is 5.25. The quantitative estimate of drug-likeness (QED) is 0.809. The average Bonchev–Trinajstić information content (AvgIpc) is 2.40. The molecule has 1 aliphatic heterocycles. The van der Waals surface area contributed by atoms with E-state index in [9.17, 15) is 12.8 Å². The van der Waals surface area contributed by atoms with Crippen molar-refractivity contribution < 1.29 is 12.8 Å². The molecule has 21 heavy (non-hydrogen) atoms. The number of sulfonamides is 1. The molecule has 0 amide bonds. The number of rotatable bonds is 5. The number of nitrogens with two attached hydrogens (primary N) is 1. The zero-order chi connectivity index (χ0) is 15.5. The molecule has 0 radical (unpaired) electrons. The molecule has 5 nitrogen and oxygen atoms in total. The summed E-state index contributed by atoms with van der Waals surface area (Å²) in [6.07, 6.45) is 2.58. The number of nitrogens with zero attached hydrogens (tertiary/aromatic N) is 1. The summed E-state index contributed by atoms with van der Waals surface area (Å²) in [5.41, 5.74) is 5.65. The third kappa shape index (κ3) is 4.15. The first-order valence-corrected chi connectivity index (χ1v) is 8.70. The minimum absolute atomic E-state index is 0.139. The maximum atomic E-state index is 13.8. The van der Waals surface area contributed by atoms with Crippen LogP contribution in [0.15, 0.2) is 23.1 Å². The normalized spacial score (nSPS) is 18.0. The van der Waals surface area contributed by atoms with Crippen molar-refractivity contribution in [2.45, 2.75) is 37.1 Å². The van der Waals surface area contributed by atoms with E-state index >= 15 is 0 Å². The van der Waals surface area contributed by atoms with Crippen molar-refractivity contribution in [1.29, 1.82) is 0 Å². The Kier molecular flexibility index (Phi) is 5.18. The fourth-order valence-electron chi connectivity index (χ4n) is 2.61. The van der Waals surface area contributed by atoms with Gasteiger partial charge in [-0.05, 0) is 57.1 Å². The summed E-state index contributed by atoms with van der Waals surface area (Å²) in [5.74, 6) is -0.814. The van der Waals surface area contributed by atoms with Crippen molar-refractivity contribution in [3.05, 3.63) is 24.0 Å². The molecule has 7 heteroatoms. The molecule has 1 saturated heterocycles. The lowest BCUT2D eigenvalue weighted by Gasteiger charge is -2.31. The third-order valence-electron chi connectivity index (χ3n) is 3.69. The summed E-state index contributed by atoms with van der Waals surface area (Å²) in [4.78, 5) is 1.97. The van der Waals surface area contributed by atoms with Gasteiger partial charge in [-0.15, -0.1) is 0 Å². The Hall–Kier alpha value is -1.18. The number of benzene rings is 1. The highest BCUT2D eigenvalue weighted by Crippen LogP contribution is 2.19. The van der Waals surface area contributed by atoms with E-state index in [1.807, 2.05) is 0 Å². The van der Waals surface area contributed by atoms with E-state index in [4.69, 9.17) is 5.73 Å². The fraction of sp³-hybridized carbons (Fsp3) is 0.571. The molecule has 0 spiro atoms. The van der Waals surface area contributed by atoms with Crippen molar-refractivity contribution >= 4 is 15.7 Å². The summed E-state index contributed by atoms with van der Waals surface area (Å²) >= 11 is 0. The molecule has 1 aromatic rings. The van der Waals surface area contributed by atoms with E-state index in [-0.39, 0.29) is 16.6 Å².